The third kappa shape index (κ3) is 0.964. The van der Waals surface area contributed by atoms with Crippen LogP contribution in [0.5, 0.6) is 0 Å². The average Bonchev–Trinajstić information content (AvgIpc) is 2.13. The van der Waals surface area contributed by atoms with Crippen molar-refractivity contribution in [2.45, 2.75) is 25.9 Å². The quantitative estimate of drug-likeness (QED) is 0.585. The number of aliphatic carboxylic acids is 1. The molecular weight excluding hydrogens is 134 g/mol. The smallest absolute Gasteiger partial charge is 0.351 e. The molecule has 1 unspecified atom stereocenters. The third-order valence-corrected chi connectivity index (χ3v) is 1.45. The van der Waals surface area contributed by atoms with Crippen LogP contribution in [0.2, 0.25) is 0 Å². The number of rotatable bonds is 1. The van der Waals surface area contributed by atoms with Crippen LogP contribution in [-0.4, -0.2) is 22.4 Å². The van der Waals surface area contributed by atoms with E-state index in [-0.39, 0.29) is 0 Å². The third-order valence-electron chi connectivity index (χ3n) is 1.45. The van der Waals surface area contributed by atoms with Crippen LogP contribution in [0.4, 0.5) is 0 Å². The molecule has 0 saturated heterocycles. The van der Waals surface area contributed by atoms with Crippen LogP contribution in [0.15, 0.2) is 5.16 Å². The predicted octanol–water partition coefficient (Wildman–Crippen LogP) is 0.626. The van der Waals surface area contributed by atoms with Crippen molar-refractivity contribution in [3.8, 4) is 0 Å². The van der Waals surface area contributed by atoms with Crippen molar-refractivity contribution in [2.75, 3.05) is 0 Å². The molecule has 10 heavy (non-hydrogen) atoms. The van der Waals surface area contributed by atoms with Gasteiger partial charge in [-0.2, -0.15) is 0 Å². The number of carboxylic acid groups (broad SMARTS) is 1. The molecule has 4 heteroatoms. The lowest BCUT2D eigenvalue weighted by molar-refractivity contribution is -0.160. The number of hydrogen-bond acceptors (Lipinski definition) is 3. The zero-order valence-corrected chi connectivity index (χ0v) is 5.92. The largest absolute Gasteiger partial charge is 0.478 e. The summed E-state index contributed by atoms with van der Waals surface area (Å²) in [4.78, 5) is 15.2. The number of nitrogens with zero attached hydrogens (tertiary/aromatic N) is 1. The molecule has 4 nitrogen and oxygen atoms in total. The van der Waals surface area contributed by atoms with Crippen molar-refractivity contribution < 1.29 is 14.7 Å². The Hall–Kier alpha value is -1.06. The second-order valence-electron chi connectivity index (χ2n) is 2.63. The topological polar surface area (TPSA) is 58.9 Å². The molecule has 1 aliphatic heterocycles. The lowest BCUT2D eigenvalue weighted by Crippen LogP contribution is -2.34. The molecular formula is C6H9NO3. The van der Waals surface area contributed by atoms with Gasteiger partial charge in [0.15, 0.2) is 0 Å². The van der Waals surface area contributed by atoms with Gasteiger partial charge in [-0.25, -0.2) is 4.79 Å². The summed E-state index contributed by atoms with van der Waals surface area (Å²) in [5.41, 5.74) is -0.394. The molecule has 1 N–H and O–H groups in total. The molecule has 1 rings (SSSR count). The fourth-order valence-corrected chi connectivity index (χ4v) is 0.846. The minimum atomic E-state index is -1.12. The normalized spacial score (nSPS) is 31.2. The zero-order valence-electron chi connectivity index (χ0n) is 5.92. The molecule has 1 heterocycles. The first-order chi connectivity index (χ1) is 4.54. The maximum absolute atomic E-state index is 10.5. The molecule has 0 amide bonds. The van der Waals surface area contributed by atoms with E-state index in [0.29, 0.717) is 6.42 Å². The first-order valence-electron chi connectivity index (χ1n) is 3.00. The van der Waals surface area contributed by atoms with E-state index in [1.807, 2.05) is 0 Å². The summed E-state index contributed by atoms with van der Waals surface area (Å²) in [6, 6.07) is 0. The van der Waals surface area contributed by atoms with E-state index in [9.17, 15) is 4.79 Å². The Morgan fingerprint density at radius 2 is 2.50 bits per heavy atom. The summed E-state index contributed by atoms with van der Waals surface area (Å²) in [7, 11) is 0. The van der Waals surface area contributed by atoms with Gasteiger partial charge in [0.2, 0.25) is 5.60 Å². The number of carboxylic acids is 1. The van der Waals surface area contributed by atoms with E-state index in [0.717, 1.165) is 5.71 Å². The number of oxime groups is 1. The maximum atomic E-state index is 10.5. The lowest BCUT2D eigenvalue weighted by Gasteiger charge is -2.14. The highest BCUT2D eigenvalue weighted by atomic mass is 16.7. The lowest BCUT2D eigenvalue weighted by atomic mass is 10.0. The summed E-state index contributed by atoms with van der Waals surface area (Å²) in [5, 5.41) is 12.1. The molecule has 0 saturated carbocycles. The number of carbonyl (C=O) groups is 1. The van der Waals surface area contributed by atoms with Gasteiger partial charge in [-0.3, -0.25) is 0 Å². The Morgan fingerprint density at radius 1 is 1.90 bits per heavy atom. The summed E-state index contributed by atoms with van der Waals surface area (Å²) in [6.45, 7) is 3.25. The van der Waals surface area contributed by atoms with Crippen LogP contribution >= 0.6 is 0 Å². The Balaban J connectivity index is 2.70. The number of hydrogen-bond donors (Lipinski definition) is 1. The van der Waals surface area contributed by atoms with Crippen LogP contribution in [0, 0.1) is 0 Å². The molecule has 56 valence electrons. The van der Waals surface area contributed by atoms with Gasteiger partial charge < -0.3 is 9.94 Å². The summed E-state index contributed by atoms with van der Waals surface area (Å²) < 4.78 is 0. The Bertz CT molecular complexity index is 199. The highest BCUT2D eigenvalue weighted by Gasteiger charge is 2.40. The van der Waals surface area contributed by atoms with Gasteiger partial charge in [-0.15, -0.1) is 0 Å². The second-order valence-corrected chi connectivity index (χ2v) is 2.63. The van der Waals surface area contributed by atoms with E-state index in [1.54, 1.807) is 6.92 Å². The summed E-state index contributed by atoms with van der Waals surface area (Å²) >= 11 is 0. The van der Waals surface area contributed by atoms with Crippen molar-refractivity contribution >= 4 is 11.7 Å². The van der Waals surface area contributed by atoms with Crippen molar-refractivity contribution in [3.63, 3.8) is 0 Å². The van der Waals surface area contributed by atoms with E-state index >= 15 is 0 Å². The maximum Gasteiger partial charge on any atom is 0.351 e. The summed E-state index contributed by atoms with van der Waals surface area (Å²) in [6.07, 6.45) is 0.377. The van der Waals surface area contributed by atoms with Crippen LogP contribution in [0.3, 0.4) is 0 Å². The Morgan fingerprint density at radius 3 is 2.70 bits per heavy atom. The SMILES string of the molecule is CC1=NOC(C)(C(=O)O)C1. The van der Waals surface area contributed by atoms with Gasteiger partial charge in [0.25, 0.3) is 0 Å². The molecule has 0 aromatic rings. The average molecular weight is 143 g/mol. The molecule has 0 aliphatic carbocycles. The Labute approximate surface area is 58.5 Å². The first-order valence-corrected chi connectivity index (χ1v) is 3.00. The van der Waals surface area contributed by atoms with E-state index < -0.39 is 11.6 Å². The van der Waals surface area contributed by atoms with Crippen molar-refractivity contribution in [1.29, 1.82) is 0 Å². The molecule has 1 atom stereocenters. The van der Waals surface area contributed by atoms with E-state index in [4.69, 9.17) is 9.94 Å². The van der Waals surface area contributed by atoms with Crippen LogP contribution in [-0.2, 0) is 9.63 Å². The molecule has 1 aliphatic rings. The Kier molecular flexibility index (Phi) is 1.39. The molecule has 0 fully saturated rings. The minimum Gasteiger partial charge on any atom is -0.478 e. The van der Waals surface area contributed by atoms with Crippen LogP contribution in [0.1, 0.15) is 20.3 Å². The second kappa shape index (κ2) is 1.97. The molecule has 0 bridgehead atoms. The van der Waals surface area contributed by atoms with E-state index in [2.05, 4.69) is 5.16 Å². The van der Waals surface area contributed by atoms with Crippen molar-refractivity contribution in [2.24, 2.45) is 5.16 Å². The fourth-order valence-electron chi connectivity index (χ4n) is 0.846. The van der Waals surface area contributed by atoms with Gasteiger partial charge in [-0.1, -0.05) is 5.16 Å². The summed E-state index contributed by atoms with van der Waals surface area (Å²) in [5.74, 6) is -0.965. The van der Waals surface area contributed by atoms with Crippen molar-refractivity contribution in [1.82, 2.24) is 0 Å². The van der Waals surface area contributed by atoms with Crippen molar-refractivity contribution in [3.05, 3.63) is 0 Å². The molecule has 0 spiro atoms. The first kappa shape index (κ1) is 7.05. The molecule has 0 radical (unpaired) electrons. The van der Waals surface area contributed by atoms with Gasteiger partial charge in [0.1, 0.15) is 0 Å². The van der Waals surface area contributed by atoms with Crippen LogP contribution in [0.25, 0.3) is 0 Å². The molecule has 0 aromatic carbocycles. The van der Waals surface area contributed by atoms with E-state index in [1.165, 1.54) is 6.92 Å². The van der Waals surface area contributed by atoms with Gasteiger partial charge in [0, 0.05) is 6.42 Å². The zero-order chi connectivity index (χ0) is 7.78. The van der Waals surface area contributed by atoms with Gasteiger partial charge >= 0.3 is 5.97 Å². The van der Waals surface area contributed by atoms with Gasteiger partial charge in [0.05, 0.1) is 5.71 Å². The minimum absolute atomic E-state index is 0.377. The highest BCUT2D eigenvalue weighted by Crippen LogP contribution is 2.22. The predicted molar refractivity (Wildman–Crippen MR) is 34.9 cm³/mol. The van der Waals surface area contributed by atoms with Gasteiger partial charge in [-0.05, 0) is 13.8 Å². The fraction of sp³-hybridized carbons (Fsp3) is 0.667. The highest BCUT2D eigenvalue weighted by molar-refractivity contribution is 5.91. The van der Waals surface area contributed by atoms with Crippen LogP contribution < -0.4 is 0 Å². The standard InChI is InChI=1S/C6H9NO3/c1-4-3-6(2,5(8)9)10-7-4/h3H2,1-2H3,(H,8,9). The molecule has 0 aromatic heterocycles. The monoisotopic (exact) mass is 143 g/mol.